The van der Waals surface area contributed by atoms with E-state index >= 15 is 0 Å². The minimum Gasteiger partial charge on any atom is -0.456 e. The minimum atomic E-state index is -0.119. The number of hydrogen-bond acceptors (Lipinski definition) is 4. The van der Waals surface area contributed by atoms with E-state index in [0.29, 0.717) is 0 Å². The Balaban J connectivity index is 0.000000140. The van der Waals surface area contributed by atoms with Crippen LogP contribution in [0.25, 0.3) is 164 Å². The Labute approximate surface area is 701 Å². The molecule has 4 aromatic heterocycles. The Morgan fingerprint density at radius 3 is 1.01 bits per heavy atom. The molecule has 4 heterocycles. The van der Waals surface area contributed by atoms with E-state index in [1.807, 2.05) is 23.5 Å². The summed E-state index contributed by atoms with van der Waals surface area (Å²) in [6.07, 6.45) is 0. The molecule has 0 amide bonds. The highest BCUT2D eigenvalue weighted by Gasteiger charge is 2.38. The Hall–Kier alpha value is -14.8. The molecule has 2 aliphatic carbocycles. The Bertz CT molecular complexity index is 7360. The smallest absolute Gasteiger partial charge is 0.135 e. The number of nitrogens with zero attached hydrogens (tertiary/aromatic N) is 4. The first-order valence-electron chi connectivity index (χ1n) is 41.5. The fraction of sp³-hybridized carbons (Fsp3) is 0.0526. The van der Waals surface area contributed by atoms with Gasteiger partial charge in [-0.25, -0.2) is 0 Å². The first kappa shape index (κ1) is 70.6. The van der Waals surface area contributed by atoms with E-state index < -0.39 is 0 Å². The van der Waals surface area contributed by atoms with E-state index in [1.54, 1.807) is 0 Å². The monoisotopic (exact) mass is 1550 g/mol. The van der Waals surface area contributed by atoms with E-state index in [4.69, 9.17) is 4.42 Å². The number of thiophene rings is 1. The molecule has 0 N–H and O–H groups in total. The average molecular weight is 1550 g/mol. The number of rotatable bonds is 12. The van der Waals surface area contributed by atoms with Crippen molar-refractivity contribution >= 4 is 131 Å². The lowest BCUT2D eigenvalue weighted by atomic mass is 9.82. The zero-order chi connectivity index (χ0) is 79.9. The number of fused-ring (bicyclic) bond motifs is 18. The summed E-state index contributed by atoms with van der Waals surface area (Å²) < 4.78 is 13.7. The molecule has 0 saturated carbocycles. The van der Waals surface area contributed by atoms with Crippen molar-refractivity contribution in [1.82, 2.24) is 9.13 Å². The summed E-state index contributed by atoms with van der Waals surface area (Å²) in [5.74, 6) is 0. The van der Waals surface area contributed by atoms with Gasteiger partial charge in [-0.2, -0.15) is 0 Å². The molecule has 0 unspecified atom stereocenters. The van der Waals surface area contributed by atoms with Gasteiger partial charge in [0.05, 0.1) is 22.1 Å². The van der Waals surface area contributed by atoms with Gasteiger partial charge in [0.2, 0.25) is 0 Å². The second-order valence-electron chi connectivity index (χ2n) is 33.1. The average Bonchev–Trinajstić information content (AvgIpc) is 1.56. The van der Waals surface area contributed by atoms with Crippen molar-refractivity contribution in [2.24, 2.45) is 0 Å². The largest absolute Gasteiger partial charge is 0.456 e. The van der Waals surface area contributed by atoms with Crippen LogP contribution < -0.4 is 9.80 Å². The molecule has 0 spiro atoms. The third-order valence-electron chi connectivity index (χ3n) is 25.6. The fourth-order valence-electron chi connectivity index (χ4n) is 19.6. The molecule has 2 aliphatic rings. The van der Waals surface area contributed by atoms with Crippen LogP contribution in [0.15, 0.2) is 417 Å². The Morgan fingerprint density at radius 1 is 0.217 bits per heavy atom. The molecule has 22 aromatic rings. The quantitative estimate of drug-likeness (QED) is 0.122. The molecule has 0 bridgehead atoms. The maximum Gasteiger partial charge on any atom is 0.135 e. The highest BCUT2D eigenvalue weighted by Crippen LogP contribution is 2.54. The molecule has 18 aromatic carbocycles. The molecule has 0 radical (unpaired) electrons. The molecule has 6 heteroatoms. The number of anilines is 6. The van der Waals surface area contributed by atoms with Crippen molar-refractivity contribution in [3.05, 3.63) is 435 Å². The van der Waals surface area contributed by atoms with E-state index in [2.05, 4.69) is 447 Å². The Morgan fingerprint density at radius 2 is 0.542 bits per heavy atom. The molecule has 5 nitrogen and oxygen atoms in total. The molecular formula is C114H80N4OS. The van der Waals surface area contributed by atoms with Gasteiger partial charge >= 0.3 is 0 Å². The number of furan rings is 1. The Kier molecular flexibility index (Phi) is 16.4. The van der Waals surface area contributed by atoms with Gasteiger partial charge in [0.15, 0.2) is 0 Å². The maximum atomic E-state index is 6.28. The molecular weight excluding hydrogens is 1470 g/mol. The third kappa shape index (κ3) is 11.6. The highest BCUT2D eigenvalue weighted by atomic mass is 32.1. The van der Waals surface area contributed by atoms with Crippen LogP contribution in [0.2, 0.25) is 0 Å². The van der Waals surface area contributed by atoms with Crippen LogP contribution in [0.5, 0.6) is 0 Å². The summed E-state index contributed by atoms with van der Waals surface area (Å²) >= 11 is 1.86. The lowest BCUT2D eigenvalue weighted by Crippen LogP contribution is -2.16. The molecule has 568 valence electrons. The van der Waals surface area contributed by atoms with Crippen LogP contribution in [0.4, 0.5) is 34.1 Å². The number of hydrogen-bond donors (Lipinski definition) is 0. The van der Waals surface area contributed by atoms with Gasteiger partial charge in [0.1, 0.15) is 11.2 Å². The van der Waals surface area contributed by atoms with Crippen molar-refractivity contribution in [2.75, 3.05) is 9.80 Å². The van der Waals surface area contributed by atoms with Gasteiger partial charge in [-0.1, -0.05) is 270 Å². The van der Waals surface area contributed by atoms with Crippen LogP contribution in [0, 0.1) is 0 Å². The van der Waals surface area contributed by atoms with Gasteiger partial charge in [-0.15, -0.1) is 11.3 Å². The maximum absolute atomic E-state index is 6.28. The first-order chi connectivity index (χ1) is 59.0. The number of para-hydroxylation sites is 3. The van der Waals surface area contributed by atoms with Gasteiger partial charge in [0.25, 0.3) is 0 Å². The van der Waals surface area contributed by atoms with Crippen molar-refractivity contribution in [3.8, 4) is 78.1 Å². The summed E-state index contributed by atoms with van der Waals surface area (Å²) in [6, 6.07) is 151. The molecule has 120 heavy (non-hydrogen) atoms. The molecule has 0 fully saturated rings. The van der Waals surface area contributed by atoms with Gasteiger partial charge < -0.3 is 23.4 Å². The third-order valence-corrected chi connectivity index (χ3v) is 26.7. The number of benzene rings is 18. The summed E-state index contributed by atoms with van der Waals surface area (Å²) in [6.45, 7) is 9.42. The summed E-state index contributed by atoms with van der Waals surface area (Å²) in [4.78, 5) is 4.84. The predicted octanol–water partition coefficient (Wildman–Crippen LogP) is 32.1. The van der Waals surface area contributed by atoms with Gasteiger partial charge in [-0.3, -0.25) is 0 Å². The second kappa shape index (κ2) is 28.0. The summed E-state index contributed by atoms with van der Waals surface area (Å²) in [5.41, 5.74) is 35.8. The van der Waals surface area contributed by atoms with Crippen LogP contribution in [-0.4, -0.2) is 9.13 Å². The normalized spacial score (nSPS) is 13.0. The van der Waals surface area contributed by atoms with E-state index in [0.717, 1.165) is 67.4 Å². The molecule has 24 rings (SSSR count). The van der Waals surface area contributed by atoms with Crippen molar-refractivity contribution in [2.45, 2.75) is 38.5 Å². The standard InChI is InChI=1S/C57H40N2O.C57H40N2S/c2*1-57(2)51-19-11-9-17-45(51)46-29-27-44(36-52(46)57)58(43-28-32-56-50(35-43)47-18-10-12-20-55(47)60-56)42-25-21-38(22-26-42)40-24-31-54-49(34-40)48-33-39(37-13-5-3-6-14-37)23-30-53(48)59(54)41-15-7-4-8-16-41/h2*3-36H,1-2H3. The van der Waals surface area contributed by atoms with Crippen LogP contribution in [-0.2, 0) is 10.8 Å². The second-order valence-corrected chi connectivity index (χ2v) is 34.2. The van der Waals surface area contributed by atoms with Crippen molar-refractivity contribution in [1.29, 1.82) is 0 Å². The van der Waals surface area contributed by atoms with Gasteiger partial charge in [-0.05, 0) is 259 Å². The zero-order valence-corrected chi connectivity index (χ0v) is 67.7. The first-order valence-corrected chi connectivity index (χ1v) is 42.3. The van der Waals surface area contributed by atoms with Crippen LogP contribution in [0.3, 0.4) is 0 Å². The fourth-order valence-corrected chi connectivity index (χ4v) is 20.7. The lowest BCUT2D eigenvalue weighted by Gasteiger charge is -2.28. The SMILES string of the molecule is CC1(C)c2ccccc2-c2ccc(N(c3ccc(-c4ccc5c(c4)c4cc(-c6ccccc6)ccc4n5-c4ccccc4)cc3)c3ccc4oc5ccccc5c4c3)cc21.CC1(C)c2ccccc2-c2ccc(N(c3ccc(-c4ccc5c(c4)c4cc(-c6ccccc6)ccc4n5-c4ccccc4)cc3)c3ccc4sc5ccccc5c4c3)cc21. The van der Waals surface area contributed by atoms with E-state index in [9.17, 15) is 0 Å². The van der Waals surface area contributed by atoms with Crippen molar-refractivity contribution in [3.63, 3.8) is 0 Å². The van der Waals surface area contributed by atoms with E-state index in [-0.39, 0.29) is 10.8 Å². The van der Waals surface area contributed by atoms with E-state index in [1.165, 1.54) is 153 Å². The summed E-state index contributed by atoms with van der Waals surface area (Å²) in [7, 11) is 0. The molecule has 0 saturated heterocycles. The number of aromatic nitrogens is 2. The molecule has 0 atom stereocenters. The zero-order valence-electron chi connectivity index (χ0n) is 66.9. The summed E-state index contributed by atoms with van der Waals surface area (Å²) in [5, 5.41) is 9.79. The molecule has 0 aliphatic heterocycles. The van der Waals surface area contributed by atoms with Crippen LogP contribution >= 0.6 is 11.3 Å². The topological polar surface area (TPSA) is 29.5 Å². The van der Waals surface area contributed by atoms with Gasteiger partial charge in [0, 0.05) is 109 Å². The van der Waals surface area contributed by atoms with Crippen LogP contribution in [0.1, 0.15) is 49.9 Å². The lowest BCUT2D eigenvalue weighted by molar-refractivity contribution is 0.660. The minimum absolute atomic E-state index is 0.102. The highest BCUT2D eigenvalue weighted by molar-refractivity contribution is 7.25. The predicted molar refractivity (Wildman–Crippen MR) is 508 cm³/mol. The van der Waals surface area contributed by atoms with Crippen molar-refractivity contribution < 1.29 is 4.42 Å².